The normalized spacial score (nSPS) is 17.5. The Labute approximate surface area is 181 Å². The van der Waals surface area contributed by atoms with Crippen molar-refractivity contribution >= 4 is 5.96 Å². The second-order valence-electron chi connectivity index (χ2n) is 8.24. The Hall–Kier alpha value is -2.41. The number of nitrogens with one attached hydrogen (secondary N) is 2. The molecule has 0 aliphatic carbocycles. The van der Waals surface area contributed by atoms with Crippen LogP contribution in [0.25, 0.3) is 0 Å². The van der Waals surface area contributed by atoms with E-state index in [9.17, 15) is 0 Å². The molecule has 1 saturated heterocycles. The van der Waals surface area contributed by atoms with Gasteiger partial charge in [-0.05, 0) is 69.8 Å². The highest BCUT2D eigenvalue weighted by molar-refractivity contribution is 5.79. The van der Waals surface area contributed by atoms with Crippen LogP contribution in [-0.2, 0) is 20.0 Å². The fourth-order valence-corrected chi connectivity index (χ4v) is 4.22. The van der Waals surface area contributed by atoms with Crippen LogP contribution in [0.4, 0.5) is 0 Å². The van der Waals surface area contributed by atoms with Gasteiger partial charge in [0.25, 0.3) is 0 Å². The molecule has 2 heterocycles. The predicted octanol–water partition coefficient (Wildman–Crippen LogP) is 2.50. The Bertz CT molecular complexity index is 835. The topological polar surface area (TPSA) is 70.4 Å². The number of nitrogens with zero attached hydrogens (tertiary/aromatic N) is 5. The minimum absolute atomic E-state index is 0.512. The van der Waals surface area contributed by atoms with Crippen molar-refractivity contribution < 1.29 is 0 Å². The van der Waals surface area contributed by atoms with E-state index in [0.717, 1.165) is 43.7 Å². The van der Waals surface area contributed by atoms with Crippen LogP contribution in [0.5, 0.6) is 0 Å². The monoisotopic (exact) mass is 411 g/mol. The lowest BCUT2D eigenvalue weighted by Gasteiger charge is -2.24. The predicted molar refractivity (Wildman–Crippen MR) is 123 cm³/mol. The van der Waals surface area contributed by atoms with Gasteiger partial charge in [-0.3, -0.25) is 4.90 Å². The van der Waals surface area contributed by atoms with E-state index < -0.39 is 0 Å². The van der Waals surface area contributed by atoms with Crippen molar-refractivity contribution in [2.75, 3.05) is 26.2 Å². The van der Waals surface area contributed by atoms with Crippen LogP contribution in [0.3, 0.4) is 0 Å². The molecule has 0 saturated carbocycles. The highest BCUT2D eigenvalue weighted by atomic mass is 15.3. The molecule has 0 bridgehead atoms. The average Bonchev–Trinajstić information content (AvgIpc) is 3.32. The third-order valence-electron chi connectivity index (χ3n) is 6.28. The Morgan fingerprint density at radius 1 is 1.17 bits per heavy atom. The summed E-state index contributed by atoms with van der Waals surface area (Å²) in [6, 6.07) is 7.08. The van der Waals surface area contributed by atoms with Gasteiger partial charge in [-0.15, -0.1) is 10.2 Å². The molecule has 1 aromatic heterocycles. The maximum absolute atomic E-state index is 4.81. The van der Waals surface area contributed by atoms with Crippen LogP contribution in [0.2, 0.25) is 0 Å². The molecule has 1 unspecified atom stereocenters. The summed E-state index contributed by atoms with van der Waals surface area (Å²) in [5.74, 6) is 2.63. The van der Waals surface area contributed by atoms with Crippen molar-refractivity contribution in [2.24, 2.45) is 12.0 Å². The average molecular weight is 412 g/mol. The van der Waals surface area contributed by atoms with Gasteiger partial charge < -0.3 is 15.2 Å². The van der Waals surface area contributed by atoms with Crippen molar-refractivity contribution in [2.45, 2.75) is 59.5 Å². The van der Waals surface area contributed by atoms with E-state index in [2.05, 4.69) is 64.7 Å². The minimum Gasteiger partial charge on any atom is -0.356 e. The number of rotatable bonds is 8. The van der Waals surface area contributed by atoms with Crippen molar-refractivity contribution in [3.8, 4) is 0 Å². The van der Waals surface area contributed by atoms with Crippen molar-refractivity contribution in [3.63, 3.8) is 0 Å². The van der Waals surface area contributed by atoms with Gasteiger partial charge in [0.2, 0.25) is 0 Å². The van der Waals surface area contributed by atoms with Gasteiger partial charge in [0.15, 0.2) is 11.8 Å². The second kappa shape index (κ2) is 10.6. The molecule has 3 rings (SSSR count). The number of likely N-dealkylation sites (tertiary alicyclic amines) is 1. The first-order chi connectivity index (χ1) is 14.5. The fourth-order valence-electron chi connectivity index (χ4n) is 4.22. The second-order valence-corrected chi connectivity index (χ2v) is 8.24. The molecule has 1 aliphatic rings. The number of aryl methyl sites for hydroxylation is 3. The molecule has 1 atom stereocenters. The zero-order chi connectivity index (χ0) is 21.5. The van der Waals surface area contributed by atoms with Gasteiger partial charge >= 0.3 is 0 Å². The summed E-state index contributed by atoms with van der Waals surface area (Å²) < 4.78 is 1.99. The van der Waals surface area contributed by atoms with E-state index in [1.54, 1.807) is 0 Å². The molecule has 0 radical (unpaired) electrons. The maximum Gasteiger partial charge on any atom is 0.191 e. The molecule has 2 aromatic rings. The molecule has 0 spiro atoms. The standard InChI is InChI=1S/C23H37N7/c1-6-30-14-8-11-20(30)15-25-23(26-16-22-28-27-19(4)29(22)5)24-13-12-21-17(2)9-7-10-18(21)3/h7,9-10,20H,6,8,11-16H2,1-5H3,(H2,24,25,26). The molecule has 2 N–H and O–H groups in total. The van der Waals surface area contributed by atoms with E-state index in [4.69, 9.17) is 4.99 Å². The van der Waals surface area contributed by atoms with Crippen molar-refractivity contribution in [1.82, 2.24) is 30.3 Å². The van der Waals surface area contributed by atoms with Gasteiger partial charge in [0, 0.05) is 26.2 Å². The van der Waals surface area contributed by atoms with Crippen molar-refractivity contribution in [3.05, 3.63) is 46.5 Å². The van der Waals surface area contributed by atoms with Crippen LogP contribution >= 0.6 is 0 Å². The maximum atomic E-state index is 4.81. The van der Waals surface area contributed by atoms with Crippen LogP contribution in [0.15, 0.2) is 23.2 Å². The van der Waals surface area contributed by atoms with E-state index in [-0.39, 0.29) is 0 Å². The zero-order valence-corrected chi connectivity index (χ0v) is 19.2. The molecular weight excluding hydrogens is 374 g/mol. The van der Waals surface area contributed by atoms with Crippen LogP contribution in [0, 0.1) is 20.8 Å². The summed E-state index contributed by atoms with van der Waals surface area (Å²) in [5.41, 5.74) is 4.12. The summed E-state index contributed by atoms with van der Waals surface area (Å²) in [7, 11) is 1.99. The van der Waals surface area contributed by atoms with Crippen LogP contribution < -0.4 is 10.6 Å². The Morgan fingerprint density at radius 3 is 2.60 bits per heavy atom. The molecule has 0 amide bonds. The Morgan fingerprint density at radius 2 is 1.93 bits per heavy atom. The van der Waals surface area contributed by atoms with Crippen molar-refractivity contribution in [1.29, 1.82) is 0 Å². The van der Waals surface area contributed by atoms with Gasteiger partial charge in [-0.25, -0.2) is 4.99 Å². The Kier molecular flexibility index (Phi) is 7.85. The molecule has 1 aromatic carbocycles. The third kappa shape index (κ3) is 5.59. The summed E-state index contributed by atoms with van der Waals surface area (Å²) in [6.45, 7) is 13.2. The number of hydrogen-bond donors (Lipinski definition) is 2. The Balaban J connectivity index is 1.63. The quantitative estimate of drug-likeness (QED) is 0.516. The minimum atomic E-state index is 0.512. The van der Waals surface area contributed by atoms with Gasteiger partial charge in [-0.2, -0.15) is 0 Å². The number of likely N-dealkylation sites (N-methyl/N-ethyl adjacent to an activating group) is 1. The lowest BCUT2D eigenvalue weighted by Crippen LogP contribution is -2.45. The number of benzene rings is 1. The molecule has 1 aliphatic heterocycles. The first kappa shape index (κ1) is 22.3. The van der Waals surface area contributed by atoms with Crippen LogP contribution in [0.1, 0.15) is 48.1 Å². The largest absolute Gasteiger partial charge is 0.356 e. The highest BCUT2D eigenvalue weighted by Crippen LogP contribution is 2.16. The fraction of sp³-hybridized carbons (Fsp3) is 0.609. The van der Waals surface area contributed by atoms with E-state index >= 15 is 0 Å². The molecular formula is C23H37N7. The highest BCUT2D eigenvalue weighted by Gasteiger charge is 2.22. The molecule has 1 fully saturated rings. The van der Waals surface area contributed by atoms with Gasteiger partial charge in [0.05, 0.1) is 0 Å². The first-order valence-corrected chi connectivity index (χ1v) is 11.2. The summed E-state index contributed by atoms with van der Waals surface area (Å²) in [6.07, 6.45) is 3.51. The van der Waals surface area contributed by atoms with E-state index in [1.165, 1.54) is 36.1 Å². The van der Waals surface area contributed by atoms with Gasteiger partial charge in [0.1, 0.15) is 12.4 Å². The summed E-state index contributed by atoms with van der Waals surface area (Å²) in [5, 5.41) is 15.5. The molecule has 7 heteroatoms. The molecule has 30 heavy (non-hydrogen) atoms. The van der Waals surface area contributed by atoms with E-state index in [1.807, 2.05) is 18.5 Å². The lowest BCUT2D eigenvalue weighted by molar-refractivity contribution is 0.267. The van der Waals surface area contributed by atoms with E-state index in [0.29, 0.717) is 12.6 Å². The number of aliphatic imine (C=N–C) groups is 1. The number of hydrogen-bond acceptors (Lipinski definition) is 4. The zero-order valence-electron chi connectivity index (χ0n) is 19.2. The smallest absolute Gasteiger partial charge is 0.191 e. The van der Waals surface area contributed by atoms with Crippen LogP contribution in [-0.4, -0.2) is 57.8 Å². The third-order valence-corrected chi connectivity index (χ3v) is 6.28. The summed E-state index contributed by atoms with van der Waals surface area (Å²) in [4.78, 5) is 7.36. The SMILES string of the molecule is CCN1CCCC1CNC(=NCc1nnc(C)n1C)NCCc1c(C)cccc1C. The van der Waals surface area contributed by atoms with Gasteiger partial charge in [-0.1, -0.05) is 25.1 Å². The number of aromatic nitrogens is 3. The summed E-state index contributed by atoms with van der Waals surface area (Å²) >= 11 is 0. The lowest BCUT2D eigenvalue weighted by atomic mass is 10.0. The molecule has 7 nitrogen and oxygen atoms in total. The molecule has 164 valence electrons. The first-order valence-electron chi connectivity index (χ1n) is 11.2. The number of guanidine groups is 1.